The van der Waals surface area contributed by atoms with Gasteiger partial charge in [-0.2, -0.15) is 0 Å². The molecule has 0 aliphatic heterocycles. The number of aryl methyl sites for hydroxylation is 2. The van der Waals surface area contributed by atoms with Crippen molar-refractivity contribution in [1.82, 2.24) is 0 Å². The summed E-state index contributed by atoms with van der Waals surface area (Å²) in [6.07, 6.45) is 5.42. The van der Waals surface area contributed by atoms with Crippen molar-refractivity contribution in [3.8, 4) is 5.75 Å². The first kappa shape index (κ1) is 18.7. The second-order valence-electron chi connectivity index (χ2n) is 4.62. The zero-order valence-electron chi connectivity index (χ0n) is 11.5. The Labute approximate surface area is 134 Å². The zero-order chi connectivity index (χ0) is 12.4. The van der Waals surface area contributed by atoms with Crippen molar-refractivity contribution in [1.29, 1.82) is 0 Å². The van der Waals surface area contributed by atoms with E-state index in [9.17, 15) is 0 Å². The van der Waals surface area contributed by atoms with Gasteiger partial charge in [-0.3, -0.25) is 0 Å². The Bertz CT molecular complexity index is 513. The van der Waals surface area contributed by atoms with Crippen LogP contribution in [0, 0.1) is 13.8 Å². The van der Waals surface area contributed by atoms with Crippen LogP contribution in [0.4, 0.5) is 0 Å². The normalized spacial score (nSPS) is 12.8. The fraction of sp³-hybridized carbons (Fsp3) is 0.267. The van der Waals surface area contributed by atoms with Crippen LogP contribution in [0.2, 0.25) is 0 Å². The Morgan fingerprint density at radius 1 is 1.05 bits per heavy atom. The van der Waals surface area contributed by atoms with Crippen molar-refractivity contribution in [2.75, 3.05) is 0 Å². The first-order valence-electron chi connectivity index (χ1n) is 5.88. The van der Waals surface area contributed by atoms with Crippen LogP contribution in [0.3, 0.4) is 0 Å². The maximum atomic E-state index is 6.09. The maximum absolute atomic E-state index is 6.09. The standard InChI is InChI=1S/C8H10O.C6H7.CH2.2ClH.Ti/c1-6-3-7(2)5-8(9)4-6;1-6-4-2-3-5-6;;;;/h3-5,9H,1-2H3;2,4H,3H2,1H3;1H2;2*1H;/q;;;;;+1/p-1. The summed E-state index contributed by atoms with van der Waals surface area (Å²) in [5, 5.41) is 0. The Balaban J connectivity index is 0.00000162. The fourth-order valence-electron chi connectivity index (χ4n) is 2.14. The predicted octanol–water partition coefficient (Wildman–Crippen LogP) is 4.72. The van der Waals surface area contributed by atoms with Crippen molar-refractivity contribution in [3.63, 3.8) is 0 Å². The van der Waals surface area contributed by atoms with Gasteiger partial charge < -0.3 is 0 Å². The quantitative estimate of drug-likeness (QED) is 0.726. The van der Waals surface area contributed by atoms with Gasteiger partial charge in [0.25, 0.3) is 0 Å². The molecule has 0 N–H and O–H groups in total. The van der Waals surface area contributed by atoms with Crippen molar-refractivity contribution < 1.29 is 21.1 Å². The molecular formula is C15H20Cl2OTi. The van der Waals surface area contributed by atoms with Crippen LogP contribution < -0.4 is 3.32 Å². The molecule has 4 heteroatoms. The molecule has 0 saturated carbocycles. The van der Waals surface area contributed by atoms with Crippen LogP contribution >= 0.6 is 24.8 Å². The molecule has 1 aliphatic rings. The summed E-state index contributed by atoms with van der Waals surface area (Å²) in [5.41, 5.74) is 3.86. The molecule has 1 nitrogen and oxygen atoms in total. The number of hydrogen-bond acceptors (Lipinski definition) is 1. The molecule has 0 radical (unpaired) electrons. The first-order chi connectivity index (χ1) is 8.06. The van der Waals surface area contributed by atoms with Crippen LogP contribution in [0.25, 0.3) is 0 Å². The van der Waals surface area contributed by atoms with Gasteiger partial charge in [0.15, 0.2) is 0 Å². The Hall–Kier alpha value is -0.336. The van der Waals surface area contributed by atoms with Crippen LogP contribution in [0.5, 0.6) is 5.75 Å². The van der Waals surface area contributed by atoms with E-state index in [1.54, 1.807) is 0 Å². The monoisotopic (exact) mass is 334 g/mol. The third kappa shape index (κ3) is 4.93. The van der Waals surface area contributed by atoms with Crippen LogP contribution in [0.1, 0.15) is 24.5 Å². The van der Waals surface area contributed by atoms with Gasteiger partial charge in [0, 0.05) is 0 Å². The van der Waals surface area contributed by atoms with E-state index in [1.807, 2.05) is 0 Å². The topological polar surface area (TPSA) is 9.23 Å². The van der Waals surface area contributed by atoms with E-state index >= 15 is 0 Å². The third-order valence-electron chi connectivity index (χ3n) is 2.94. The molecule has 2 rings (SSSR count). The number of hydrogen-bond donors (Lipinski definition) is 0. The average molecular weight is 335 g/mol. The molecule has 0 fully saturated rings. The number of halogens is 2. The van der Waals surface area contributed by atoms with Crippen molar-refractivity contribution in [2.24, 2.45) is 0 Å². The number of allylic oxidation sites excluding steroid dienone is 4. The van der Waals surface area contributed by atoms with Crippen LogP contribution in [-0.2, 0) is 17.8 Å². The molecule has 0 heterocycles. The van der Waals surface area contributed by atoms with E-state index < -0.39 is 17.8 Å². The second-order valence-corrected chi connectivity index (χ2v) is 7.20. The van der Waals surface area contributed by atoms with Crippen molar-refractivity contribution >= 4 is 29.6 Å². The zero-order valence-corrected chi connectivity index (χ0v) is 14.7. The summed E-state index contributed by atoms with van der Waals surface area (Å²) in [6.45, 7) is 6.36. The molecule has 1 aliphatic carbocycles. The summed E-state index contributed by atoms with van der Waals surface area (Å²) >= 11 is -1.80. The van der Waals surface area contributed by atoms with Gasteiger partial charge in [-0.1, -0.05) is 0 Å². The van der Waals surface area contributed by atoms with Gasteiger partial charge in [-0.15, -0.1) is 24.8 Å². The first-order valence-corrected chi connectivity index (χ1v) is 8.40. The van der Waals surface area contributed by atoms with E-state index in [2.05, 4.69) is 55.9 Å². The second kappa shape index (κ2) is 8.06. The Morgan fingerprint density at radius 2 is 1.63 bits per heavy atom. The van der Waals surface area contributed by atoms with Gasteiger partial charge in [0.1, 0.15) is 0 Å². The summed E-state index contributed by atoms with van der Waals surface area (Å²) in [7, 11) is 0. The number of benzene rings is 1. The van der Waals surface area contributed by atoms with Crippen LogP contribution in [-0.4, -0.2) is 4.82 Å². The molecule has 1 aromatic rings. The molecule has 0 atom stereocenters. The Morgan fingerprint density at radius 3 is 2.11 bits per heavy atom. The summed E-state index contributed by atoms with van der Waals surface area (Å²) in [4.78, 5) is 4.27. The fourth-order valence-corrected chi connectivity index (χ4v) is 4.32. The minimum atomic E-state index is -1.80. The Kier molecular flexibility index (Phi) is 7.92. The van der Waals surface area contributed by atoms with Gasteiger partial charge in [0.05, 0.1) is 0 Å². The molecule has 0 spiro atoms. The van der Waals surface area contributed by atoms with Gasteiger partial charge >= 0.3 is 110 Å². The molecule has 0 aromatic heterocycles. The summed E-state index contributed by atoms with van der Waals surface area (Å²) < 4.78 is 7.54. The minimum absolute atomic E-state index is 0. The molecule has 104 valence electrons. The van der Waals surface area contributed by atoms with E-state index in [1.165, 1.54) is 20.6 Å². The third-order valence-corrected chi connectivity index (χ3v) is 5.68. The summed E-state index contributed by atoms with van der Waals surface area (Å²) in [5.74, 6) is 0.986. The van der Waals surface area contributed by atoms with E-state index in [0.717, 1.165) is 12.2 Å². The van der Waals surface area contributed by atoms with E-state index in [4.69, 9.17) is 3.32 Å². The average Bonchev–Trinajstić information content (AvgIpc) is 2.62. The van der Waals surface area contributed by atoms with Gasteiger partial charge in [-0.05, 0) is 0 Å². The van der Waals surface area contributed by atoms with E-state index in [0.29, 0.717) is 0 Å². The summed E-state index contributed by atoms with van der Waals surface area (Å²) in [6, 6.07) is 6.37. The van der Waals surface area contributed by atoms with E-state index in [-0.39, 0.29) is 24.8 Å². The van der Waals surface area contributed by atoms with Crippen LogP contribution in [0.15, 0.2) is 39.8 Å². The van der Waals surface area contributed by atoms with Gasteiger partial charge in [0.2, 0.25) is 0 Å². The number of rotatable bonds is 3. The molecule has 19 heavy (non-hydrogen) atoms. The van der Waals surface area contributed by atoms with Crippen molar-refractivity contribution in [2.45, 2.75) is 27.2 Å². The van der Waals surface area contributed by atoms with Crippen molar-refractivity contribution in [3.05, 3.63) is 50.9 Å². The molecule has 0 amide bonds. The molecule has 0 unspecified atom stereocenters. The van der Waals surface area contributed by atoms with Gasteiger partial charge in [-0.25, -0.2) is 0 Å². The molecular weight excluding hydrogens is 315 g/mol. The predicted molar refractivity (Wildman–Crippen MR) is 84.6 cm³/mol. The molecule has 0 bridgehead atoms. The molecule has 1 aromatic carbocycles. The SMILES string of the molecule is Cl.Cl.[CH2]=[Ti]([O]c1cc(C)cc(C)c1)[C]1=C(C)C=CC1. The molecule has 0 saturated heterocycles.